The normalized spacial score (nSPS) is 15.3. The number of carbonyl (C=O) groups is 1. The summed E-state index contributed by atoms with van der Waals surface area (Å²) in [5.74, 6) is 1.13. The lowest BCUT2D eigenvalue weighted by Crippen LogP contribution is -2.40. The van der Waals surface area contributed by atoms with Crippen LogP contribution < -0.4 is 4.74 Å². The van der Waals surface area contributed by atoms with Gasteiger partial charge in [-0.3, -0.25) is 4.79 Å². The smallest absolute Gasteiger partial charge is 0.166 e. The van der Waals surface area contributed by atoms with E-state index in [4.69, 9.17) is 16.3 Å². The van der Waals surface area contributed by atoms with Gasteiger partial charge in [-0.25, -0.2) is 0 Å². The molecule has 0 spiro atoms. The number of hydrogen-bond acceptors (Lipinski definition) is 4. The molecule has 1 atom stereocenters. The van der Waals surface area contributed by atoms with Gasteiger partial charge in [0.2, 0.25) is 0 Å². The highest BCUT2D eigenvalue weighted by Crippen LogP contribution is 2.29. The van der Waals surface area contributed by atoms with Crippen LogP contribution in [0.5, 0.6) is 5.75 Å². The van der Waals surface area contributed by atoms with E-state index < -0.39 is 6.10 Å². The molecule has 1 saturated heterocycles. The molecule has 3 aromatic rings. The zero-order chi connectivity index (χ0) is 23.8. The Hall–Kier alpha value is -2.37. The number of likely N-dealkylation sites (tertiary alicyclic amines) is 1. The average molecular weight is 514 g/mol. The third-order valence-electron chi connectivity index (χ3n) is 6.50. The van der Waals surface area contributed by atoms with Crippen molar-refractivity contribution in [1.82, 2.24) is 4.90 Å². The average Bonchev–Trinajstić information content (AvgIpc) is 2.88. The van der Waals surface area contributed by atoms with Gasteiger partial charge in [-0.2, -0.15) is 0 Å². The molecule has 1 heterocycles. The maximum absolute atomic E-state index is 12.8. The Morgan fingerprint density at radius 2 is 1.63 bits per heavy atom. The minimum Gasteiger partial charge on any atom is -0.490 e. The Kier molecular flexibility index (Phi) is 10.6. The number of halogens is 2. The minimum absolute atomic E-state index is 0. The molecule has 0 bridgehead atoms. The highest BCUT2D eigenvalue weighted by atomic mass is 35.5. The van der Waals surface area contributed by atoms with Gasteiger partial charge in [-0.15, -0.1) is 12.4 Å². The molecule has 186 valence electrons. The third kappa shape index (κ3) is 8.08. The molecule has 0 amide bonds. The summed E-state index contributed by atoms with van der Waals surface area (Å²) in [5, 5.41) is 11.4. The number of aliphatic hydroxyl groups excluding tert-OH is 1. The fraction of sp³-hybridized carbons (Fsp3) is 0.345. The Morgan fingerprint density at radius 3 is 2.34 bits per heavy atom. The van der Waals surface area contributed by atoms with Crippen LogP contribution >= 0.6 is 24.0 Å². The van der Waals surface area contributed by atoms with Crippen LogP contribution in [-0.2, 0) is 6.42 Å². The number of nitrogens with zero attached hydrogens (tertiary/aromatic N) is 1. The molecule has 4 nitrogen and oxygen atoms in total. The molecule has 0 radical (unpaired) electrons. The largest absolute Gasteiger partial charge is 0.490 e. The van der Waals surface area contributed by atoms with E-state index in [0.717, 1.165) is 36.5 Å². The van der Waals surface area contributed by atoms with Gasteiger partial charge in [0.25, 0.3) is 0 Å². The van der Waals surface area contributed by atoms with Crippen molar-refractivity contribution in [3.63, 3.8) is 0 Å². The second-order valence-corrected chi connectivity index (χ2v) is 9.43. The van der Waals surface area contributed by atoms with E-state index in [2.05, 4.69) is 17.0 Å². The molecule has 35 heavy (non-hydrogen) atoms. The molecule has 4 rings (SSSR count). The van der Waals surface area contributed by atoms with Gasteiger partial charge in [-0.1, -0.05) is 66.2 Å². The van der Waals surface area contributed by atoms with E-state index in [9.17, 15) is 9.90 Å². The molecule has 1 fully saturated rings. The molecule has 3 aromatic carbocycles. The van der Waals surface area contributed by atoms with Crippen molar-refractivity contribution in [2.45, 2.75) is 37.7 Å². The number of ether oxygens (including phenoxy) is 1. The Balaban J connectivity index is 0.00000342. The van der Waals surface area contributed by atoms with Gasteiger partial charge < -0.3 is 14.7 Å². The topological polar surface area (TPSA) is 49.8 Å². The van der Waals surface area contributed by atoms with Crippen molar-refractivity contribution in [2.24, 2.45) is 0 Å². The van der Waals surface area contributed by atoms with Crippen LogP contribution in [0.25, 0.3) is 0 Å². The molecular formula is C29H33Cl2NO3. The van der Waals surface area contributed by atoms with Gasteiger partial charge in [0.05, 0.1) is 5.56 Å². The van der Waals surface area contributed by atoms with E-state index in [1.54, 1.807) is 12.1 Å². The van der Waals surface area contributed by atoms with Crippen molar-refractivity contribution < 1.29 is 14.6 Å². The summed E-state index contributed by atoms with van der Waals surface area (Å²) < 4.78 is 5.91. The highest BCUT2D eigenvalue weighted by molar-refractivity contribution is 6.30. The molecule has 1 aliphatic heterocycles. The summed E-state index contributed by atoms with van der Waals surface area (Å²) in [6, 6.07) is 25.5. The first kappa shape index (κ1) is 27.2. The van der Waals surface area contributed by atoms with Crippen LogP contribution in [0.4, 0.5) is 0 Å². The van der Waals surface area contributed by atoms with E-state index in [1.165, 1.54) is 5.56 Å². The molecule has 1 aliphatic rings. The second kappa shape index (κ2) is 13.6. The standard InChI is InChI=1S/C29H32ClNO3.ClH/c30-25-13-11-23(12-14-25)24-16-18-31(19-17-24)20-26(32)21-34-29-9-5-4-8-27(29)28(33)15-10-22-6-2-1-3-7-22;/h1-9,11-14,24,26,32H,10,15-21H2;1H. The number of para-hydroxylation sites is 1. The van der Waals surface area contributed by atoms with Crippen molar-refractivity contribution in [1.29, 1.82) is 0 Å². The number of benzene rings is 3. The number of β-amino-alcohol motifs (C(OH)–C–C–N with tert-alkyl or cyclic N) is 1. The lowest BCUT2D eigenvalue weighted by atomic mass is 9.89. The number of rotatable bonds is 10. The number of carbonyl (C=O) groups excluding carboxylic acids is 1. The molecule has 0 aromatic heterocycles. The van der Waals surface area contributed by atoms with Crippen LogP contribution in [0.15, 0.2) is 78.9 Å². The quantitative estimate of drug-likeness (QED) is 0.328. The predicted molar refractivity (Wildman–Crippen MR) is 144 cm³/mol. The SMILES string of the molecule is Cl.O=C(CCc1ccccc1)c1ccccc1OCC(O)CN1CCC(c2ccc(Cl)cc2)CC1. The third-order valence-corrected chi connectivity index (χ3v) is 6.75. The molecule has 1 unspecified atom stereocenters. The van der Waals surface area contributed by atoms with Crippen LogP contribution in [0, 0.1) is 0 Å². The summed E-state index contributed by atoms with van der Waals surface area (Å²) in [5.41, 5.74) is 3.06. The monoisotopic (exact) mass is 513 g/mol. The van der Waals surface area contributed by atoms with Crippen LogP contribution in [0.3, 0.4) is 0 Å². The first-order valence-electron chi connectivity index (χ1n) is 12.0. The van der Waals surface area contributed by atoms with Gasteiger partial charge in [0, 0.05) is 18.0 Å². The molecule has 0 aliphatic carbocycles. The summed E-state index contributed by atoms with van der Waals surface area (Å²) in [4.78, 5) is 15.1. The number of Topliss-reactive ketones (excluding diaryl/α,β-unsaturated/α-hetero) is 1. The maximum atomic E-state index is 12.8. The number of ketones is 1. The van der Waals surface area contributed by atoms with Gasteiger partial charge >= 0.3 is 0 Å². The fourth-order valence-corrected chi connectivity index (χ4v) is 4.71. The zero-order valence-corrected chi connectivity index (χ0v) is 21.4. The Labute approximate surface area is 219 Å². The number of hydrogen-bond donors (Lipinski definition) is 1. The number of piperidine rings is 1. The van der Waals surface area contributed by atoms with Crippen LogP contribution in [-0.4, -0.2) is 48.1 Å². The van der Waals surface area contributed by atoms with E-state index in [0.29, 0.717) is 36.6 Å². The van der Waals surface area contributed by atoms with E-state index in [1.807, 2.05) is 54.6 Å². The lowest BCUT2D eigenvalue weighted by Gasteiger charge is -2.33. The van der Waals surface area contributed by atoms with Crippen molar-refractivity contribution >= 4 is 29.8 Å². The summed E-state index contributed by atoms with van der Waals surface area (Å²) in [6.07, 6.45) is 2.64. The Morgan fingerprint density at radius 1 is 0.971 bits per heavy atom. The summed E-state index contributed by atoms with van der Waals surface area (Å²) in [6.45, 7) is 2.62. The minimum atomic E-state index is -0.612. The van der Waals surface area contributed by atoms with Crippen molar-refractivity contribution in [2.75, 3.05) is 26.2 Å². The molecule has 0 saturated carbocycles. The molecule has 6 heteroatoms. The number of aryl methyl sites for hydroxylation is 1. The first-order valence-corrected chi connectivity index (χ1v) is 12.4. The van der Waals surface area contributed by atoms with Gasteiger partial charge in [-0.05, 0) is 73.7 Å². The first-order chi connectivity index (χ1) is 16.6. The predicted octanol–water partition coefficient (Wildman–Crippen LogP) is 6.20. The highest BCUT2D eigenvalue weighted by Gasteiger charge is 2.22. The van der Waals surface area contributed by atoms with Crippen LogP contribution in [0.1, 0.15) is 46.7 Å². The summed E-state index contributed by atoms with van der Waals surface area (Å²) in [7, 11) is 0. The number of aliphatic hydroxyl groups is 1. The van der Waals surface area contributed by atoms with E-state index >= 15 is 0 Å². The van der Waals surface area contributed by atoms with Gasteiger partial charge in [0.15, 0.2) is 5.78 Å². The van der Waals surface area contributed by atoms with Gasteiger partial charge in [0.1, 0.15) is 18.5 Å². The zero-order valence-electron chi connectivity index (χ0n) is 19.8. The van der Waals surface area contributed by atoms with E-state index in [-0.39, 0.29) is 24.8 Å². The molecular weight excluding hydrogens is 481 g/mol. The lowest BCUT2D eigenvalue weighted by molar-refractivity contribution is 0.0588. The van der Waals surface area contributed by atoms with Crippen LogP contribution in [0.2, 0.25) is 5.02 Å². The fourth-order valence-electron chi connectivity index (χ4n) is 4.58. The second-order valence-electron chi connectivity index (χ2n) is 9.00. The summed E-state index contributed by atoms with van der Waals surface area (Å²) >= 11 is 6.01. The van der Waals surface area contributed by atoms with Crippen molar-refractivity contribution in [3.05, 3.63) is 101 Å². The van der Waals surface area contributed by atoms with Crippen molar-refractivity contribution in [3.8, 4) is 5.75 Å². The Bertz CT molecular complexity index is 1050. The molecule has 1 N–H and O–H groups in total. The maximum Gasteiger partial charge on any atom is 0.166 e.